The lowest BCUT2D eigenvalue weighted by Crippen LogP contribution is -2.23. The summed E-state index contributed by atoms with van der Waals surface area (Å²) in [6, 6.07) is 1.83. The molecule has 1 rings (SSSR count). The highest BCUT2D eigenvalue weighted by Gasteiger charge is 2.24. The lowest BCUT2D eigenvalue weighted by atomic mass is 9.98. The van der Waals surface area contributed by atoms with Crippen LogP contribution < -0.4 is 5.73 Å². The van der Waals surface area contributed by atoms with Gasteiger partial charge < -0.3 is 10.6 Å². The van der Waals surface area contributed by atoms with Crippen molar-refractivity contribution in [1.29, 1.82) is 0 Å². The van der Waals surface area contributed by atoms with Gasteiger partial charge in [-0.15, -0.1) is 0 Å². The molecule has 0 spiro atoms. The fourth-order valence-corrected chi connectivity index (χ4v) is 1.75. The average molecular weight is 284 g/mol. The number of nitrogens with two attached hydrogens (primary N) is 1. The maximum atomic E-state index is 11.6. The molecular weight excluding hydrogens is 266 g/mol. The summed E-state index contributed by atoms with van der Waals surface area (Å²) in [5, 5.41) is 3.87. The maximum Gasteiger partial charge on any atom is 0.340 e. The molecule has 0 aliphatic rings. The molecule has 0 fully saturated rings. The molecule has 19 heavy (non-hydrogen) atoms. The van der Waals surface area contributed by atoms with Crippen molar-refractivity contribution >= 4 is 23.4 Å². The number of aryl methyl sites for hydroxylation is 2. The first-order valence-corrected chi connectivity index (χ1v) is 6.19. The quantitative estimate of drug-likeness (QED) is 0.297. The summed E-state index contributed by atoms with van der Waals surface area (Å²) in [7, 11) is 0. The van der Waals surface area contributed by atoms with Crippen LogP contribution in [0, 0.1) is 19.3 Å². The van der Waals surface area contributed by atoms with E-state index in [0.717, 1.165) is 11.3 Å². The molecule has 0 aromatic carbocycles. The van der Waals surface area contributed by atoms with Crippen LogP contribution in [0.25, 0.3) is 0 Å². The maximum absolute atomic E-state index is 11.6. The van der Waals surface area contributed by atoms with Crippen molar-refractivity contribution in [2.45, 2.75) is 34.6 Å². The molecule has 2 N–H and O–H groups in total. The van der Waals surface area contributed by atoms with Crippen LogP contribution in [0.3, 0.4) is 0 Å². The fourth-order valence-electron chi connectivity index (χ4n) is 1.37. The zero-order chi connectivity index (χ0) is 14.8. The minimum Gasteiger partial charge on any atom is -0.380 e. The number of hydrogen-bond donors (Lipinski definition) is 1. The molecule has 104 valence electrons. The van der Waals surface area contributed by atoms with Crippen molar-refractivity contribution in [1.82, 2.24) is 4.98 Å². The summed E-state index contributed by atoms with van der Waals surface area (Å²) >= 11 is 6.02. The first-order valence-electron chi connectivity index (χ1n) is 5.82. The highest BCUT2D eigenvalue weighted by Crippen LogP contribution is 2.19. The van der Waals surface area contributed by atoms with Crippen molar-refractivity contribution in [3.05, 3.63) is 28.0 Å². The Hall–Kier alpha value is -1.62. The predicted octanol–water partition coefficient (Wildman–Crippen LogP) is 2.56. The van der Waals surface area contributed by atoms with E-state index in [1.165, 1.54) is 0 Å². The second-order valence-corrected chi connectivity index (χ2v) is 5.71. The summed E-state index contributed by atoms with van der Waals surface area (Å²) in [6.45, 7) is 8.85. The average Bonchev–Trinajstić information content (AvgIpc) is 2.22. The Morgan fingerprint density at radius 3 is 2.47 bits per heavy atom. The lowest BCUT2D eigenvalue weighted by molar-refractivity contribution is -0.152. The van der Waals surface area contributed by atoms with Crippen LogP contribution in [0.1, 0.15) is 37.6 Å². The third-order valence-electron chi connectivity index (χ3n) is 2.40. The highest BCUT2D eigenvalue weighted by molar-refractivity contribution is 6.33. The molecule has 0 aliphatic carbocycles. The van der Waals surface area contributed by atoms with Crippen LogP contribution in [0.4, 0.5) is 0 Å². The Morgan fingerprint density at radius 2 is 2.00 bits per heavy atom. The van der Waals surface area contributed by atoms with Crippen LogP contribution in [-0.2, 0) is 9.63 Å². The van der Waals surface area contributed by atoms with Crippen LogP contribution in [0.2, 0.25) is 5.15 Å². The highest BCUT2D eigenvalue weighted by atomic mass is 35.5. The van der Waals surface area contributed by atoms with Crippen molar-refractivity contribution < 1.29 is 9.63 Å². The lowest BCUT2D eigenvalue weighted by Gasteiger charge is -2.13. The van der Waals surface area contributed by atoms with Crippen LogP contribution >= 0.6 is 11.6 Å². The predicted molar refractivity (Wildman–Crippen MR) is 75.0 cm³/mol. The standard InChI is InChI=1S/C13H18ClN3O2/c1-7-6-8(2)16-10(14)9(7)11(15)17-19-12(18)13(3,4)5/h6H,1-5H3,(H2,15,17). The number of aromatic nitrogens is 1. The second kappa shape index (κ2) is 5.57. The van der Waals surface area contributed by atoms with Gasteiger partial charge in [-0.3, -0.25) is 0 Å². The molecule has 1 heterocycles. The second-order valence-electron chi connectivity index (χ2n) is 5.35. The van der Waals surface area contributed by atoms with Gasteiger partial charge in [-0.25, -0.2) is 9.78 Å². The number of nitrogens with zero attached hydrogens (tertiary/aromatic N) is 2. The number of carbonyl (C=O) groups is 1. The van der Waals surface area contributed by atoms with Crippen LogP contribution in [0.15, 0.2) is 11.2 Å². The van der Waals surface area contributed by atoms with E-state index >= 15 is 0 Å². The Labute approximate surface area is 117 Å². The van der Waals surface area contributed by atoms with Crippen LogP contribution in [0.5, 0.6) is 0 Å². The van der Waals surface area contributed by atoms with E-state index in [9.17, 15) is 4.79 Å². The van der Waals surface area contributed by atoms with Gasteiger partial charge in [0.15, 0.2) is 5.84 Å². The van der Waals surface area contributed by atoms with E-state index in [-0.39, 0.29) is 11.0 Å². The third-order valence-corrected chi connectivity index (χ3v) is 2.67. The van der Waals surface area contributed by atoms with Crippen molar-refractivity contribution in [3.63, 3.8) is 0 Å². The zero-order valence-electron chi connectivity index (χ0n) is 11.7. The molecule has 0 radical (unpaired) electrons. The number of carbonyl (C=O) groups excluding carboxylic acids is 1. The number of hydrogen-bond acceptors (Lipinski definition) is 4. The normalized spacial score (nSPS) is 12.4. The Bertz CT molecular complexity index is 510. The summed E-state index contributed by atoms with van der Waals surface area (Å²) < 4.78 is 0. The van der Waals surface area contributed by atoms with E-state index in [1.54, 1.807) is 20.8 Å². The van der Waals surface area contributed by atoms with Crippen LogP contribution in [-0.4, -0.2) is 16.8 Å². The molecule has 1 aromatic rings. The van der Waals surface area contributed by atoms with E-state index in [1.807, 2.05) is 19.9 Å². The van der Waals surface area contributed by atoms with Gasteiger partial charge in [0.25, 0.3) is 0 Å². The van der Waals surface area contributed by atoms with Gasteiger partial charge in [-0.05, 0) is 46.2 Å². The molecule has 0 amide bonds. The zero-order valence-corrected chi connectivity index (χ0v) is 12.5. The summed E-state index contributed by atoms with van der Waals surface area (Å²) in [6.07, 6.45) is 0. The van der Waals surface area contributed by atoms with Gasteiger partial charge in [-0.1, -0.05) is 16.8 Å². The van der Waals surface area contributed by atoms with Gasteiger partial charge >= 0.3 is 5.97 Å². The largest absolute Gasteiger partial charge is 0.380 e. The SMILES string of the molecule is Cc1cc(C)c(/C(N)=N\OC(=O)C(C)(C)C)c(Cl)n1. The minimum absolute atomic E-state index is 0.0348. The molecule has 0 atom stereocenters. The van der Waals surface area contributed by atoms with Crippen molar-refractivity contribution in [3.8, 4) is 0 Å². The van der Waals surface area contributed by atoms with E-state index in [4.69, 9.17) is 22.2 Å². The molecule has 0 unspecified atom stereocenters. The van der Waals surface area contributed by atoms with Gasteiger partial charge in [0.2, 0.25) is 0 Å². The molecule has 6 heteroatoms. The Balaban J connectivity index is 3.02. The molecule has 0 aliphatic heterocycles. The Morgan fingerprint density at radius 1 is 1.42 bits per heavy atom. The molecular formula is C13H18ClN3O2. The number of amidine groups is 1. The smallest absolute Gasteiger partial charge is 0.340 e. The number of rotatable bonds is 2. The molecule has 1 aromatic heterocycles. The van der Waals surface area contributed by atoms with E-state index < -0.39 is 11.4 Å². The van der Waals surface area contributed by atoms with Gasteiger partial charge in [0, 0.05) is 5.69 Å². The number of oxime groups is 1. The monoisotopic (exact) mass is 283 g/mol. The summed E-state index contributed by atoms with van der Waals surface area (Å²) in [5.74, 6) is -0.433. The molecule has 0 saturated heterocycles. The summed E-state index contributed by atoms with van der Waals surface area (Å²) in [5.41, 5.74) is 7.23. The van der Waals surface area contributed by atoms with Gasteiger partial charge in [0.05, 0.1) is 11.0 Å². The van der Waals surface area contributed by atoms with Gasteiger partial charge in [-0.2, -0.15) is 0 Å². The molecule has 0 bridgehead atoms. The van der Waals surface area contributed by atoms with Crippen molar-refractivity contribution in [2.24, 2.45) is 16.3 Å². The fraction of sp³-hybridized carbons (Fsp3) is 0.462. The molecule has 5 nitrogen and oxygen atoms in total. The molecule has 0 saturated carbocycles. The Kier molecular flexibility index (Phi) is 4.52. The van der Waals surface area contributed by atoms with Crippen molar-refractivity contribution in [2.75, 3.05) is 0 Å². The van der Waals surface area contributed by atoms with Gasteiger partial charge in [0.1, 0.15) is 5.15 Å². The topological polar surface area (TPSA) is 77.6 Å². The van der Waals surface area contributed by atoms with E-state index in [2.05, 4.69) is 10.1 Å². The first kappa shape index (κ1) is 15.4. The van der Waals surface area contributed by atoms with E-state index in [0.29, 0.717) is 5.56 Å². The number of pyridine rings is 1. The number of halogens is 1. The first-order chi connectivity index (χ1) is 8.62. The third kappa shape index (κ3) is 3.92. The summed E-state index contributed by atoms with van der Waals surface area (Å²) in [4.78, 5) is 20.5. The minimum atomic E-state index is -0.645.